The second kappa shape index (κ2) is 4.25. The molecule has 106 valence electrons. The van der Waals surface area contributed by atoms with Crippen molar-refractivity contribution in [3.8, 4) is 17.2 Å². The van der Waals surface area contributed by atoms with E-state index in [2.05, 4.69) is 0 Å². The van der Waals surface area contributed by atoms with Gasteiger partial charge in [-0.3, -0.25) is 0 Å². The van der Waals surface area contributed by atoms with Crippen LogP contribution in [0.5, 0.6) is 17.2 Å². The summed E-state index contributed by atoms with van der Waals surface area (Å²) in [7, 11) is 0. The Hall–Kier alpha value is -2.49. The van der Waals surface area contributed by atoms with Gasteiger partial charge in [-0.25, -0.2) is 4.39 Å². The smallest absolute Gasteiger partial charge is 0.131 e. The first-order valence-corrected chi connectivity index (χ1v) is 6.79. The standard InChI is InChI=1S/C17H13FO3/c1-9-17-13-5-3-11(19)7-15(13)20-8-14(17)12-4-2-10(18)6-16(12)21-9/h2-7,9,19H,8H2,1H3. The van der Waals surface area contributed by atoms with Gasteiger partial charge in [0.2, 0.25) is 0 Å². The summed E-state index contributed by atoms with van der Waals surface area (Å²) >= 11 is 0. The van der Waals surface area contributed by atoms with Gasteiger partial charge in [-0.1, -0.05) is 0 Å². The van der Waals surface area contributed by atoms with Crippen LogP contribution >= 0.6 is 0 Å². The number of fused-ring (bicyclic) bond motifs is 4. The molecule has 0 spiro atoms. The van der Waals surface area contributed by atoms with Crippen LogP contribution in [-0.4, -0.2) is 17.8 Å². The lowest BCUT2D eigenvalue weighted by atomic mass is 9.87. The largest absolute Gasteiger partial charge is 0.508 e. The van der Waals surface area contributed by atoms with Gasteiger partial charge in [-0.2, -0.15) is 0 Å². The predicted molar refractivity (Wildman–Crippen MR) is 76.9 cm³/mol. The lowest BCUT2D eigenvalue weighted by Crippen LogP contribution is -2.25. The quantitative estimate of drug-likeness (QED) is 0.803. The summed E-state index contributed by atoms with van der Waals surface area (Å²) in [4.78, 5) is 0. The molecule has 0 fully saturated rings. The summed E-state index contributed by atoms with van der Waals surface area (Å²) in [5.41, 5.74) is 3.83. The van der Waals surface area contributed by atoms with E-state index in [-0.39, 0.29) is 17.7 Å². The van der Waals surface area contributed by atoms with E-state index in [1.54, 1.807) is 18.2 Å². The van der Waals surface area contributed by atoms with Crippen LogP contribution in [0.1, 0.15) is 18.1 Å². The molecule has 0 radical (unpaired) electrons. The predicted octanol–water partition coefficient (Wildman–Crippen LogP) is 3.62. The molecule has 4 heteroatoms. The van der Waals surface area contributed by atoms with Gasteiger partial charge in [0.05, 0.1) is 0 Å². The fraction of sp³-hybridized carbons (Fsp3) is 0.176. The first-order valence-electron chi connectivity index (χ1n) is 6.79. The molecule has 0 saturated heterocycles. The van der Waals surface area contributed by atoms with Crippen molar-refractivity contribution >= 4 is 11.1 Å². The maximum Gasteiger partial charge on any atom is 0.131 e. The van der Waals surface area contributed by atoms with Gasteiger partial charge >= 0.3 is 0 Å². The molecule has 2 aromatic rings. The van der Waals surface area contributed by atoms with E-state index >= 15 is 0 Å². The van der Waals surface area contributed by atoms with E-state index in [1.807, 2.05) is 13.0 Å². The molecule has 0 aliphatic carbocycles. The minimum atomic E-state index is -0.313. The highest BCUT2D eigenvalue weighted by molar-refractivity contribution is 5.98. The molecule has 1 atom stereocenters. The molecule has 2 aromatic carbocycles. The van der Waals surface area contributed by atoms with Gasteiger partial charge in [-0.15, -0.1) is 0 Å². The van der Waals surface area contributed by atoms with Gasteiger partial charge in [0, 0.05) is 34.4 Å². The Kier molecular flexibility index (Phi) is 2.48. The molecule has 2 aliphatic heterocycles. The van der Waals surface area contributed by atoms with E-state index in [0.29, 0.717) is 18.1 Å². The molecule has 2 heterocycles. The summed E-state index contributed by atoms with van der Waals surface area (Å²) in [6.07, 6.45) is -0.193. The number of hydrogen-bond donors (Lipinski definition) is 1. The second-order valence-corrected chi connectivity index (χ2v) is 5.26. The number of ether oxygens (including phenoxy) is 2. The number of aromatic hydroxyl groups is 1. The van der Waals surface area contributed by atoms with Crippen LogP contribution in [0.3, 0.4) is 0 Å². The van der Waals surface area contributed by atoms with Gasteiger partial charge in [0.25, 0.3) is 0 Å². The van der Waals surface area contributed by atoms with Crippen molar-refractivity contribution in [2.75, 3.05) is 6.61 Å². The normalized spacial score (nSPS) is 19.0. The van der Waals surface area contributed by atoms with Crippen LogP contribution in [0, 0.1) is 5.82 Å². The molecule has 0 aromatic heterocycles. The highest BCUT2D eigenvalue weighted by Gasteiger charge is 2.32. The zero-order chi connectivity index (χ0) is 14.6. The highest BCUT2D eigenvalue weighted by Crippen LogP contribution is 2.46. The number of benzene rings is 2. The van der Waals surface area contributed by atoms with E-state index in [4.69, 9.17) is 9.47 Å². The zero-order valence-corrected chi connectivity index (χ0v) is 11.4. The van der Waals surface area contributed by atoms with E-state index in [9.17, 15) is 9.50 Å². The van der Waals surface area contributed by atoms with Gasteiger partial charge in [0.15, 0.2) is 0 Å². The molecule has 2 aliphatic rings. The molecule has 0 bridgehead atoms. The Bertz CT molecular complexity index is 780. The molecule has 1 N–H and O–H groups in total. The van der Waals surface area contributed by atoms with Gasteiger partial charge in [-0.05, 0) is 31.2 Å². The third kappa shape index (κ3) is 1.79. The fourth-order valence-corrected chi connectivity index (χ4v) is 3.02. The SMILES string of the molecule is CC1Oc2cc(F)ccc2C2=C1c1ccc(O)cc1OC2. The molecule has 1 unspecified atom stereocenters. The highest BCUT2D eigenvalue weighted by atomic mass is 19.1. The monoisotopic (exact) mass is 284 g/mol. The van der Waals surface area contributed by atoms with Crippen molar-refractivity contribution in [3.63, 3.8) is 0 Å². The maximum atomic E-state index is 13.4. The van der Waals surface area contributed by atoms with Crippen LogP contribution in [0.4, 0.5) is 4.39 Å². The lowest BCUT2D eigenvalue weighted by Gasteiger charge is -2.33. The Balaban J connectivity index is 1.96. The average molecular weight is 284 g/mol. The van der Waals surface area contributed by atoms with Gasteiger partial charge < -0.3 is 14.6 Å². The number of rotatable bonds is 0. The topological polar surface area (TPSA) is 38.7 Å². The minimum Gasteiger partial charge on any atom is -0.508 e. The number of phenolic OH excluding ortho intramolecular Hbond substituents is 1. The van der Waals surface area contributed by atoms with Gasteiger partial charge in [0.1, 0.15) is 35.8 Å². The summed E-state index contributed by atoms with van der Waals surface area (Å²) in [6.45, 7) is 2.32. The number of hydrogen-bond acceptors (Lipinski definition) is 3. The first kappa shape index (κ1) is 12.3. The molecular weight excluding hydrogens is 271 g/mol. The molecule has 0 amide bonds. The molecule has 4 rings (SSSR count). The van der Waals surface area contributed by atoms with Crippen molar-refractivity contribution in [1.82, 2.24) is 0 Å². The van der Waals surface area contributed by atoms with Crippen molar-refractivity contribution in [2.24, 2.45) is 0 Å². The fourth-order valence-electron chi connectivity index (χ4n) is 3.02. The Morgan fingerprint density at radius 3 is 2.76 bits per heavy atom. The number of phenols is 1. The average Bonchev–Trinajstić information content (AvgIpc) is 2.46. The third-order valence-electron chi connectivity index (χ3n) is 3.93. The summed E-state index contributed by atoms with van der Waals surface area (Å²) in [6, 6.07) is 9.61. The van der Waals surface area contributed by atoms with Crippen molar-refractivity contribution in [1.29, 1.82) is 0 Å². The van der Waals surface area contributed by atoms with Crippen LogP contribution < -0.4 is 9.47 Å². The van der Waals surface area contributed by atoms with Crippen LogP contribution in [0.15, 0.2) is 36.4 Å². The minimum absolute atomic E-state index is 0.171. The van der Waals surface area contributed by atoms with Crippen LogP contribution in [0.25, 0.3) is 11.1 Å². The Morgan fingerprint density at radius 2 is 1.90 bits per heavy atom. The third-order valence-corrected chi connectivity index (χ3v) is 3.93. The Labute approximate surface area is 121 Å². The maximum absolute atomic E-state index is 13.4. The zero-order valence-electron chi connectivity index (χ0n) is 11.4. The Morgan fingerprint density at radius 1 is 1.10 bits per heavy atom. The van der Waals surface area contributed by atoms with Crippen LogP contribution in [0.2, 0.25) is 0 Å². The first-order chi connectivity index (χ1) is 10.1. The van der Waals surface area contributed by atoms with Crippen molar-refractivity contribution in [3.05, 3.63) is 53.3 Å². The lowest BCUT2D eigenvalue weighted by molar-refractivity contribution is 0.265. The van der Waals surface area contributed by atoms with E-state index in [0.717, 1.165) is 22.3 Å². The molecule has 0 saturated carbocycles. The number of halogens is 1. The molecular formula is C17H13FO3. The van der Waals surface area contributed by atoms with E-state index in [1.165, 1.54) is 12.1 Å². The molecule has 21 heavy (non-hydrogen) atoms. The summed E-state index contributed by atoms with van der Waals surface area (Å²) < 4.78 is 25.0. The second-order valence-electron chi connectivity index (χ2n) is 5.26. The van der Waals surface area contributed by atoms with E-state index < -0.39 is 0 Å². The van der Waals surface area contributed by atoms with Crippen molar-refractivity contribution < 1.29 is 19.0 Å². The summed E-state index contributed by atoms with van der Waals surface area (Å²) in [5, 5.41) is 9.57. The van der Waals surface area contributed by atoms with Crippen LogP contribution in [-0.2, 0) is 0 Å². The molecule has 3 nitrogen and oxygen atoms in total. The van der Waals surface area contributed by atoms with Crippen molar-refractivity contribution in [2.45, 2.75) is 13.0 Å². The summed E-state index contributed by atoms with van der Waals surface area (Å²) in [5.74, 6) is 1.05.